The summed E-state index contributed by atoms with van der Waals surface area (Å²) < 4.78 is 4.88. The van der Waals surface area contributed by atoms with E-state index in [4.69, 9.17) is 10.5 Å². The molecule has 0 radical (unpaired) electrons. The van der Waals surface area contributed by atoms with Gasteiger partial charge in [0.25, 0.3) is 5.56 Å². The summed E-state index contributed by atoms with van der Waals surface area (Å²) in [5, 5.41) is 6.89. The highest BCUT2D eigenvalue weighted by Crippen LogP contribution is 2.24. The minimum absolute atomic E-state index is 0.0418. The van der Waals surface area contributed by atoms with Gasteiger partial charge in [-0.1, -0.05) is 50.6 Å². The van der Waals surface area contributed by atoms with Crippen molar-refractivity contribution < 1.29 is 23.9 Å². The number of unbranched alkanes of at least 4 members (excludes halogenated alkanes) is 1. The molecule has 4 rings (SSSR count). The first-order valence-electron chi connectivity index (χ1n) is 16.1. The van der Waals surface area contributed by atoms with E-state index in [0.717, 1.165) is 28.7 Å². The van der Waals surface area contributed by atoms with E-state index in [1.165, 1.54) is 44.7 Å². The zero-order valence-corrected chi connectivity index (χ0v) is 29.3. The molecule has 5 N–H and O–H groups in total. The number of hydrogen-bond acceptors (Lipinski definition) is 8. The van der Waals surface area contributed by atoms with Crippen LogP contribution in [-0.4, -0.2) is 78.7 Å². The largest absolute Gasteiger partial charge is 0.450 e. The van der Waals surface area contributed by atoms with Crippen LogP contribution in [0.4, 0.5) is 4.79 Å². The Morgan fingerprint density at radius 2 is 1.89 bits per heavy atom. The van der Waals surface area contributed by atoms with Crippen molar-refractivity contribution in [1.82, 2.24) is 20.5 Å². The summed E-state index contributed by atoms with van der Waals surface area (Å²) in [6, 6.07) is 7.78. The van der Waals surface area contributed by atoms with E-state index in [0.29, 0.717) is 30.9 Å². The maximum absolute atomic E-state index is 11.7. The molecule has 262 valence electrons. The highest BCUT2D eigenvalue weighted by molar-refractivity contribution is 7.81. The topological polar surface area (TPSA) is 164 Å². The Morgan fingerprint density at radius 1 is 1.21 bits per heavy atom. The van der Waals surface area contributed by atoms with Gasteiger partial charge in [0, 0.05) is 22.9 Å². The summed E-state index contributed by atoms with van der Waals surface area (Å²) in [6.45, 7) is 11.5. The number of nitrogens with one attached hydrogen (secondary N) is 3. The third-order valence-electron chi connectivity index (χ3n) is 6.63. The number of hydrogen-bond donors (Lipinski definition) is 5. The van der Waals surface area contributed by atoms with Crippen molar-refractivity contribution in [3.8, 4) is 0 Å². The number of likely N-dealkylation sites (tertiary alicyclic amines) is 1. The quantitative estimate of drug-likeness (QED) is 0.0916. The molecular weight excluding hydrogens is 618 g/mol. The fraction of sp³-hybridized carbons (Fsp3) is 0.514. The number of aromatic amines is 1. The van der Waals surface area contributed by atoms with Crippen molar-refractivity contribution in [3.05, 3.63) is 65.1 Å². The molecule has 1 aromatic heterocycles. The number of rotatable bonds is 12. The van der Waals surface area contributed by atoms with E-state index in [2.05, 4.69) is 67.5 Å². The third-order valence-corrected chi connectivity index (χ3v) is 7.15. The Labute approximate surface area is 285 Å². The van der Waals surface area contributed by atoms with Gasteiger partial charge in [-0.05, 0) is 88.5 Å². The van der Waals surface area contributed by atoms with Crippen molar-refractivity contribution >= 4 is 54.2 Å². The molecule has 2 unspecified atom stereocenters. The van der Waals surface area contributed by atoms with Crippen molar-refractivity contribution in [3.63, 3.8) is 0 Å². The maximum atomic E-state index is 11.7. The van der Waals surface area contributed by atoms with Gasteiger partial charge >= 0.3 is 6.09 Å². The molecule has 2 aliphatic rings. The minimum Gasteiger partial charge on any atom is -0.450 e. The number of primary amides is 1. The first kappa shape index (κ1) is 43.1. The van der Waals surface area contributed by atoms with Gasteiger partial charge in [-0.15, -0.1) is 6.58 Å². The van der Waals surface area contributed by atoms with Gasteiger partial charge < -0.3 is 35.8 Å². The molecular formula is C35H55N5O6S. The normalized spacial score (nSPS) is 15.5. The molecule has 12 heteroatoms. The van der Waals surface area contributed by atoms with E-state index in [9.17, 15) is 24.0 Å². The number of carbonyl (C=O) groups excluding carboxylic acids is 4. The second-order valence-corrected chi connectivity index (χ2v) is 11.8. The summed E-state index contributed by atoms with van der Waals surface area (Å²) in [5.41, 5.74) is 5.74. The predicted octanol–water partition coefficient (Wildman–Crippen LogP) is 5.00. The Hall–Kier alpha value is -3.90. The first-order valence-corrected chi connectivity index (χ1v) is 16.7. The van der Waals surface area contributed by atoms with E-state index in [1.54, 1.807) is 6.20 Å². The number of benzene rings is 1. The summed E-state index contributed by atoms with van der Waals surface area (Å²) in [7, 11) is 2.19. The van der Waals surface area contributed by atoms with Crippen LogP contribution < -0.4 is 21.9 Å². The van der Waals surface area contributed by atoms with E-state index >= 15 is 0 Å². The van der Waals surface area contributed by atoms with Crippen LogP contribution in [0.15, 0.2) is 54.0 Å². The van der Waals surface area contributed by atoms with Crippen LogP contribution in [0.5, 0.6) is 0 Å². The number of nitrogens with zero attached hydrogens (tertiary/aromatic N) is 1. The van der Waals surface area contributed by atoms with E-state index < -0.39 is 18.0 Å². The summed E-state index contributed by atoms with van der Waals surface area (Å²) >= 11 is 4.08. The number of ether oxygens (including phenoxy) is 1. The lowest BCUT2D eigenvalue weighted by atomic mass is 10.1. The Kier molecular flexibility index (Phi) is 25.0. The number of fused-ring (bicyclic) bond motifs is 1. The Balaban J connectivity index is 0.000000716. The van der Waals surface area contributed by atoms with Crippen LogP contribution in [0.3, 0.4) is 0 Å². The fourth-order valence-electron chi connectivity index (χ4n) is 3.73. The molecule has 3 amide bonds. The lowest BCUT2D eigenvalue weighted by Crippen LogP contribution is -2.40. The van der Waals surface area contributed by atoms with Gasteiger partial charge in [-0.3, -0.25) is 14.4 Å². The summed E-state index contributed by atoms with van der Waals surface area (Å²) in [6.07, 6.45) is 16.0. The predicted molar refractivity (Wildman–Crippen MR) is 195 cm³/mol. The van der Waals surface area contributed by atoms with Crippen molar-refractivity contribution in [2.45, 2.75) is 89.5 Å². The van der Waals surface area contributed by atoms with Crippen molar-refractivity contribution in [2.75, 3.05) is 26.7 Å². The third kappa shape index (κ3) is 22.3. The Morgan fingerprint density at radius 3 is 2.38 bits per heavy atom. The average molecular weight is 674 g/mol. The molecule has 11 nitrogen and oxygen atoms in total. The highest BCUT2D eigenvalue weighted by atomic mass is 32.1. The second-order valence-electron chi connectivity index (χ2n) is 11.1. The number of thiol groups is 1. The summed E-state index contributed by atoms with van der Waals surface area (Å²) in [4.78, 5) is 58.2. The standard InChI is InChI=1S/C17H18N2O4.C6H10N2O2.C6H13N.C3H6S.C3H8/c20-10-9-19-17(22)23-11-3-1-2-4-13-5-6-14-7-8-18-16(21)15(14)12-13;1-2-3-5(6(7)10)8-4-9;1-6-4-3-5-7(6)2;4-3-1-2-3;1-3-2/h2,4-8,10,12H,1,3,9,11H2,(H,18,21)(H,19,22);2,4-5H,1,3H2,(H2,7,10)(H,8,9);6H,3-5H2,1-2H3;3-4H,1-2H2;3H2,1-2H3/b4-2+;;;;. The van der Waals surface area contributed by atoms with Crippen molar-refractivity contribution in [1.29, 1.82) is 0 Å². The van der Waals surface area contributed by atoms with Gasteiger partial charge in [0.2, 0.25) is 12.3 Å². The zero-order chi connectivity index (χ0) is 35.5. The lowest BCUT2D eigenvalue weighted by Gasteiger charge is -2.12. The van der Waals surface area contributed by atoms with Gasteiger partial charge in [0.15, 0.2) is 0 Å². The van der Waals surface area contributed by atoms with Crippen LogP contribution >= 0.6 is 12.6 Å². The molecule has 0 spiro atoms. The number of aromatic nitrogens is 1. The van der Waals surface area contributed by atoms with E-state index in [1.807, 2.05) is 36.4 Å². The molecule has 1 saturated carbocycles. The number of aldehydes is 1. The molecule has 2 fully saturated rings. The van der Waals surface area contributed by atoms with Crippen LogP contribution in [0.2, 0.25) is 0 Å². The molecule has 1 aliphatic carbocycles. The molecule has 2 heterocycles. The molecule has 2 aromatic rings. The smallest absolute Gasteiger partial charge is 0.407 e. The molecule has 1 aromatic carbocycles. The number of nitrogens with two attached hydrogens (primary N) is 1. The van der Waals surface area contributed by atoms with Crippen LogP contribution in [-0.2, 0) is 19.1 Å². The minimum atomic E-state index is -0.616. The maximum Gasteiger partial charge on any atom is 0.407 e. The molecule has 47 heavy (non-hydrogen) atoms. The van der Waals surface area contributed by atoms with Crippen LogP contribution in [0, 0.1) is 0 Å². The average Bonchev–Trinajstić information content (AvgIpc) is 3.75. The molecule has 1 saturated heterocycles. The monoisotopic (exact) mass is 673 g/mol. The van der Waals surface area contributed by atoms with Gasteiger partial charge in [0.05, 0.1) is 13.2 Å². The molecule has 0 bridgehead atoms. The van der Waals surface area contributed by atoms with Gasteiger partial charge in [-0.25, -0.2) is 4.79 Å². The number of pyridine rings is 1. The zero-order valence-electron chi connectivity index (χ0n) is 28.4. The second kappa shape index (κ2) is 27.2. The SMILES string of the molecule is C=CCC(NC=O)C(N)=O.CC1CCCN1C.CCC.O=CCNC(=O)OCCC/C=C/c1ccc2cc[nH]c(=O)c2c1.SC1CC1. The van der Waals surface area contributed by atoms with Crippen LogP contribution in [0.1, 0.15) is 77.7 Å². The fourth-order valence-corrected chi connectivity index (χ4v) is 3.88. The first-order chi connectivity index (χ1) is 22.5. The van der Waals surface area contributed by atoms with Crippen molar-refractivity contribution in [2.24, 2.45) is 5.73 Å². The number of alkyl carbamates (subject to hydrolysis) is 1. The number of amides is 3. The van der Waals surface area contributed by atoms with E-state index in [-0.39, 0.29) is 18.7 Å². The molecule has 1 aliphatic heterocycles. The van der Waals surface area contributed by atoms with Gasteiger partial charge in [0.1, 0.15) is 12.3 Å². The number of allylic oxidation sites excluding steroid dienone is 1. The number of H-pyrrole nitrogens is 1. The number of carbonyl (C=O) groups is 4. The Bertz CT molecular complexity index is 1260. The highest BCUT2D eigenvalue weighted by Gasteiger charge is 2.14. The summed E-state index contributed by atoms with van der Waals surface area (Å²) in [5.74, 6) is -0.549. The molecule has 2 atom stereocenters. The lowest BCUT2D eigenvalue weighted by molar-refractivity contribution is -0.122. The van der Waals surface area contributed by atoms with Crippen LogP contribution in [0.25, 0.3) is 16.8 Å². The van der Waals surface area contributed by atoms with Gasteiger partial charge in [-0.2, -0.15) is 12.6 Å².